The minimum Gasteiger partial charge on any atom is -0.381 e. The highest BCUT2D eigenvalue weighted by molar-refractivity contribution is 9.10. The number of nitrogens with one attached hydrogen (secondary N) is 1. The molecule has 0 amide bonds. The van der Waals surface area contributed by atoms with Crippen molar-refractivity contribution < 1.29 is 9.47 Å². The predicted octanol–water partition coefficient (Wildman–Crippen LogP) is 1.75. The molecule has 1 aliphatic rings. The van der Waals surface area contributed by atoms with Crippen molar-refractivity contribution in [3.8, 4) is 0 Å². The number of rotatable bonds is 3. The van der Waals surface area contributed by atoms with E-state index in [0.717, 1.165) is 5.69 Å². The standard InChI is InChI=1S/C12H17BrN2O3/c1-3-8-9(13)10(16)15-11(14-8)12(17-2)4-6-18-7-5-12/h3-7H2,1-2H3,(H,14,15,16). The Labute approximate surface area is 114 Å². The van der Waals surface area contributed by atoms with Crippen LogP contribution in [0.25, 0.3) is 0 Å². The molecule has 18 heavy (non-hydrogen) atoms. The summed E-state index contributed by atoms with van der Waals surface area (Å²) in [6.45, 7) is 3.21. The van der Waals surface area contributed by atoms with Crippen molar-refractivity contribution in [1.29, 1.82) is 0 Å². The number of hydrogen-bond donors (Lipinski definition) is 1. The smallest absolute Gasteiger partial charge is 0.265 e. The van der Waals surface area contributed by atoms with Crippen LogP contribution in [0.15, 0.2) is 9.27 Å². The van der Waals surface area contributed by atoms with Gasteiger partial charge in [0.25, 0.3) is 5.56 Å². The third kappa shape index (κ3) is 2.37. The molecule has 1 aromatic rings. The molecule has 1 N–H and O–H groups in total. The van der Waals surface area contributed by atoms with Gasteiger partial charge in [0.15, 0.2) is 0 Å². The van der Waals surface area contributed by atoms with Gasteiger partial charge in [0, 0.05) is 33.2 Å². The Hall–Kier alpha value is -0.720. The molecule has 0 saturated carbocycles. The lowest BCUT2D eigenvalue weighted by Gasteiger charge is -2.34. The lowest BCUT2D eigenvalue weighted by atomic mass is 9.93. The van der Waals surface area contributed by atoms with Gasteiger partial charge in [-0.3, -0.25) is 4.79 Å². The molecule has 0 spiro atoms. The molecule has 6 heteroatoms. The van der Waals surface area contributed by atoms with Crippen LogP contribution in [-0.2, 0) is 21.5 Å². The molecule has 1 fully saturated rings. The molecule has 100 valence electrons. The van der Waals surface area contributed by atoms with Crippen LogP contribution >= 0.6 is 15.9 Å². The number of aromatic amines is 1. The molecule has 0 unspecified atom stereocenters. The first-order valence-electron chi connectivity index (χ1n) is 6.05. The zero-order valence-electron chi connectivity index (χ0n) is 10.6. The summed E-state index contributed by atoms with van der Waals surface area (Å²) in [6.07, 6.45) is 2.11. The second-order valence-corrected chi connectivity index (χ2v) is 5.13. The number of hydrogen-bond acceptors (Lipinski definition) is 4. The molecule has 2 heterocycles. The number of aryl methyl sites for hydroxylation is 1. The van der Waals surface area contributed by atoms with Gasteiger partial charge in [0.1, 0.15) is 15.9 Å². The van der Waals surface area contributed by atoms with Gasteiger partial charge in [-0.05, 0) is 22.4 Å². The van der Waals surface area contributed by atoms with Gasteiger partial charge in [-0.2, -0.15) is 0 Å². The van der Waals surface area contributed by atoms with Crippen LogP contribution in [0.1, 0.15) is 31.3 Å². The summed E-state index contributed by atoms with van der Waals surface area (Å²) in [4.78, 5) is 19.2. The van der Waals surface area contributed by atoms with E-state index in [2.05, 4.69) is 25.9 Å². The summed E-state index contributed by atoms with van der Waals surface area (Å²) in [5.74, 6) is 0.610. The lowest BCUT2D eigenvalue weighted by molar-refractivity contribution is -0.100. The van der Waals surface area contributed by atoms with Crippen molar-refractivity contribution in [3.63, 3.8) is 0 Å². The molecule has 0 radical (unpaired) electrons. The monoisotopic (exact) mass is 316 g/mol. The summed E-state index contributed by atoms with van der Waals surface area (Å²) in [6, 6.07) is 0. The van der Waals surface area contributed by atoms with Crippen LogP contribution in [0.4, 0.5) is 0 Å². The molecule has 0 atom stereocenters. The fourth-order valence-corrected chi connectivity index (χ4v) is 2.66. The molecule has 0 aliphatic carbocycles. The van der Waals surface area contributed by atoms with Gasteiger partial charge in [-0.15, -0.1) is 0 Å². The average Bonchev–Trinajstić information content (AvgIpc) is 2.42. The van der Waals surface area contributed by atoms with E-state index in [0.29, 0.717) is 42.8 Å². The Kier molecular flexibility index (Phi) is 4.19. The number of nitrogens with zero attached hydrogens (tertiary/aromatic N) is 1. The molecule has 0 bridgehead atoms. The van der Waals surface area contributed by atoms with Crippen LogP contribution < -0.4 is 5.56 Å². The molecule has 1 saturated heterocycles. The van der Waals surface area contributed by atoms with Crippen molar-refractivity contribution in [2.24, 2.45) is 0 Å². The van der Waals surface area contributed by atoms with E-state index in [1.807, 2.05) is 6.92 Å². The molecule has 1 aromatic heterocycles. The summed E-state index contributed by atoms with van der Waals surface area (Å²) in [5, 5.41) is 0. The van der Waals surface area contributed by atoms with Crippen molar-refractivity contribution in [1.82, 2.24) is 9.97 Å². The van der Waals surface area contributed by atoms with Gasteiger partial charge in [0.05, 0.1) is 5.69 Å². The zero-order valence-corrected chi connectivity index (χ0v) is 12.2. The maximum Gasteiger partial charge on any atom is 0.265 e. The van der Waals surface area contributed by atoms with Gasteiger partial charge in [-0.25, -0.2) is 4.98 Å². The molecule has 2 rings (SSSR count). The summed E-state index contributed by atoms with van der Waals surface area (Å²) >= 11 is 3.27. The Bertz CT molecular complexity index is 481. The largest absolute Gasteiger partial charge is 0.381 e. The van der Waals surface area contributed by atoms with Crippen LogP contribution in [0, 0.1) is 0 Å². The molecule has 5 nitrogen and oxygen atoms in total. The van der Waals surface area contributed by atoms with E-state index < -0.39 is 5.60 Å². The Morgan fingerprint density at radius 1 is 1.50 bits per heavy atom. The second kappa shape index (κ2) is 5.50. The van der Waals surface area contributed by atoms with Crippen molar-refractivity contribution in [2.45, 2.75) is 31.8 Å². The average molecular weight is 317 g/mol. The third-order valence-electron chi connectivity index (χ3n) is 3.39. The Balaban J connectivity index is 2.48. The highest BCUT2D eigenvalue weighted by Gasteiger charge is 2.37. The summed E-state index contributed by atoms with van der Waals surface area (Å²) in [5.41, 5.74) is 0.0820. The number of ether oxygens (including phenoxy) is 2. The normalized spacial score (nSPS) is 18.8. The van der Waals surface area contributed by atoms with E-state index in [1.54, 1.807) is 7.11 Å². The van der Waals surface area contributed by atoms with Gasteiger partial charge < -0.3 is 14.5 Å². The minimum absolute atomic E-state index is 0.153. The summed E-state index contributed by atoms with van der Waals surface area (Å²) in [7, 11) is 1.65. The summed E-state index contributed by atoms with van der Waals surface area (Å²) < 4.78 is 11.5. The third-order valence-corrected chi connectivity index (χ3v) is 4.21. The fraction of sp³-hybridized carbons (Fsp3) is 0.667. The predicted molar refractivity (Wildman–Crippen MR) is 70.7 cm³/mol. The van der Waals surface area contributed by atoms with E-state index in [9.17, 15) is 4.79 Å². The van der Waals surface area contributed by atoms with Crippen molar-refractivity contribution >= 4 is 15.9 Å². The highest BCUT2D eigenvalue weighted by Crippen LogP contribution is 2.33. The second-order valence-electron chi connectivity index (χ2n) is 4.34. The zero-order chi connectivity index (χ0) is 13.2. The van der Waals surface area contributed by atoms with Gasteiger partial charge >= 0.3 is 0 Å². The van der Waals surface area contributed by atoms with E-state index in [-0.39, 0.29) is 5.56 Å². The van der Waals surface area contributed by atoms with E-state index >= 15 is 0 Å². The van der Waals surface area contributed by atoms with E-state index in [1.165, 1.54) is 0 Å². The Morgan fingerprint density at radius 2 is 2.17 bits per heavy atom. The molecule has 1 aliphatic heterocycles. The Morgan fingerprint density at radius 3 is 2.72 bits per heavy atom. The van der Waals surface area contributed by atoms with Crippen LogP contribution in [0.2, 0.25) is 0 Å². The lowest BCUT2D eigenvalue weighted by Crippen LogP contribution is -2.39. The molecular formula is C12H17BrN2O3. The molecule has 0 aromatic carbocycles. The minimum atomic E-state index is -0.526. The van der Waals surface area contributed by atoms with Gasteiger partial charge in [-0.1, -0.05) is 6.92 Å². The SMILES string of the molecule is CCc1nc(C2(OC)CCOCC2)[nH]c(=O)c1Br. The molecular weight excluding hydrogens is 300 g/mol. The van der Waals surface area contributed by atoms with E-state index in [4.69, 9.17) is 9.47 Å². The van der Waals surface area contributed by atoms with Gasteiger partial charge in [0.2, 0.25) is 0 Å². The topological polar surface area (TPSA) is 64.2 Å². The number of aromatic nitrogens is 2. The maximum absolute atomic E-state index is 11.9. The van der Waals surface area contributed by atoms with Crippen molar-refractivity contribution in [2.75, 3.05) is 20.3 Å². The first kappa shape index (κ1) is 13.7. The number of H-pyrrole nitrogens is 1. The first-order valence-corrected chi connectivity index (χ1v) is 6.84. The number of methoxy groups -OCH3 is 1. The highest BCUT2D eigenvalue weighted by atomic mass is 79.9. The van der Waals surface area contributed by atoms with Crippen molar-refractivity contribution in [3.05, 3.63) is 26.3 Å². The maximum atomic E-state index is 11.9. The van der Waals surface area contributed by atoms with Crippen LogP contribution in [0.3, 0.4) is 0 Å². The quantitative estimate of drug-likeness (QED) is 0.922. The fourth-order valence-electron chi connectivity index (χ4n) is 2.19. The number of halogens is 1. The van der Waals surface area contributed by atoms with Crippen LogP contribution in [-0.4, -0.2) is 30.3 Å². The van der Waals surface area contributed by atoms with Crippen LogP contribution in [0.5, 0.6) is 0 Å². The first-order chi connectivity index (χ1) is 8.63.